The van der Waals surface area contributed by atoms with E-state index in [4.69, 9.17) is 5.84 Å². The van der Waals surface area contributed by atoms with E-state index in [-0.39, 0.29) is 11.8 Å². The number of hydrazine groups is 1. The van der Waals surface area contributed by atoms with Crippen LogP contribution in [-0.2, 0) is 11.3 Å². The molecule has 0 aromatic heterocycles. The van der Waals surface area contributed by atoms with Crippen LogP contribution in [-0.4, -0.2) is 23.9 Å². The van der Waals surface area contributed by atoms with Crippen LogP contribution < -0.4 is 11.3 Å². The second-order valence-electron chi connectivity index (χ2n) is 5.98. The summed E-state index contributed by atoms with van der Waals surface area (Å²) in [5, 5.41) is 0. The van der Waals surface area contributed by atoms with Crippen LogP contribution in [0.25, 0.3) is 0 Å². The predicted octanol–water partition coefficient (Wildman–Crippen LogP) is 2.01. The van der Waals surface area contributed by atoms with Crippen LogP contribution in [0, 0.1) is 5.92 Å². The van der Waals surface area contributed by atoms with Crippen LogP contribution in [0.2, 0.25) is 0 Å². The molecule has 1 amide bonds. The molecule has 4 nitrogen and oxygen atoms in total. The quantitative estimate of drug-likeness (QED) is 0.502. The Bertz CT molecular complexity index is 442. The van der Waals surface area contributed by atoms with E-state index in [1.165, 1.54) is 11.1 Å². The summed E-state index contributed by atoms with van der Waals surface area (Å²) in [5.74, 6) is 5.79. The van der Waals surface area contributed by atoms with Gasteiger partial charge in [0.15, 0.2) is 0 Å². The summed E-state index contributed by atoms with van der Waals surface area (Å²) in [6.07, 6.45) is 1.99. The van der Waals surface area contributed by atoms with Gasteiger partial charge in [0.1, 0.15) is 0 Å². The van der Waals surface area contributed by atoms with Crippen molar-refractivity contribution in [2.75, 3.05) is 13.1 Å². The number of nitrogens with one attached hydrogen (secondary N) is 1. The number of hydrogen-bond acceptors (Lipinski definition) is 3. The second-order valence-corrected chi connectivity index (χ2v) is 5.98. The number of rotatable bonds is 4. The molecule has 1 aliphatic heterocycles. The molecule has 1 atom stereocenters. The highest BCUT2D eigenvalue weighted by atomic mass is 16.2. The highest BCUT2D eigenvalue weighted by Gasteiger charge is 2.25. The maximum Gasteiger partial charge on any atom is 0.238 e. The summed E-state index contributed by atoms with van der Waals surface area (Å²) >= 11 is 0. The predicted molar refractivity (Wildman–Crippen MR) is 80.9 cm³/mol. The van der Waals surface area contributed by atoms with Gasteiger partial charge in [0.25, 0.3) is 0 Å². The van der Waals surface area contributed by atoms with Gasteiger partial charge in [0.2, 0.25) is 5.91 Å². The molecule has 1 saturated heterocycles. The molecule has 1 aromatic rings. The van der Waals surface area contributed by atoms with Crippen molar-refractivity contribution >= 4 is 5.91 Å². The molecule has 0 radical (unpaired) electrons. The van der Waals surface area contributed by atoms with Crippen LogP contribution in [0.4, 0.5) is 0 Å². The SMILES string of the molecule is CC(C)c1ccc(CN2CCC[C@@H](C(=O)NN)C2)cc1. The van der Waals surface area contributed by atoms with Gasteiger partial charge < -0.3 is 0 Å². The lowest BCUT2D eigenvalue weighted by Gasteiger charge is -2.31. The van der Waals surface area contributed by atoms with Crippen molar-refractivity contribution in [2.45, 2.75) is 39.2 Å². The standard InChI is InChI=1S/C16H25N3O/c1-12(2)14-7-5-13(6-8-14)10-19-9-3-4-15(11-19)16(20)18-17/h5-8,12,15H,3-4,9-11,17H2,1-2H3,(H,18,20)/t15-/m1/s1. The second kappa shape index (κ2) is 6.86. The Hall–Kier alpha value is -1.39. The average molecular weight is 275 g/mol. The van der Waals surface area contributed by atoms with Crippen molar-refractivity contribution in [1.29, 1.82) is 0 Å². The zero-order chi connectivity index (χ0) is 14.5. The van der Waals surface area contributed by atoms with Crippen LogP contribution >= 0.6 is 0 Å². The van der Waals surface area contributed by atoms with Crippen molar-refractivity contribution in [3.63, 3.8) is 0 Å². The third-order valence-corrected chi connectivity index (χ3v) is 4.07. The summed E-state index contributed by atoms with van der Waals surface area (Å²) in [6.45, 7) is 7.17. The normalized spacial score (nSPS) is 20.1. The molecular formula is C16H25N3O. The lowest BCUT2D eigenvalue weighted by molar-refractivity contribution is -0.126. The average Bonchev–Trinajstić information content (AvgIpc) is 2.47. The molecule has 0 spiro atoms. The van der Waals surface area contributed by atoms with E-state index in [0.29, 0.717) is 5.92 Å². The zero-order valence-electron chi connectivity index (χ0n) is 12.4. The molecule has 20 heavy (non-hydrogen) atoms. The first-order chi connectivity index (χ1) is 9.60. The zero-order valence-corrected chi connectivity index (χ0v) is 12.4. The van der Waals surface area contributed by atoms with Crippen molar-refractivity contribution in [3.05, 3.63) is 35.4 Å². The summed E-state index contributed by atoms with van der Waals surface area (Å²) in [4.78, 5) is 14.0. The van der Waals surface area contributed by atoms with Crippen molar-refractivity contribution in [3.8, 4) is 0 Å². The first-order valence-electron chi connectivity index (χ1n) is 7.41. The lowest BCUT2D eigenvalue weighted by atomic mass is 9.96. The van der Waals surface area contributed by atoms with E-state index in [1.807, 2.05) is 0 Å². The summed E-state index contributed by atoms with van der Waals surface area (Å²) in [5.41, 5.74) is 4.95. The maximum atomic E-state index is 11.6. The number of likely N-dealkylation sites (tertiary alicyclic amines) is 1. The van der Waals surface area contributed by atoms with E-state index in [2.05, 4.69) is 48.4 Å². The molecule has 1 aliphatic rings. The molecule has 1 aromatic carbocycles. The highest BCUT2D eigenvalue weighted by Crippen LogP contribution is 2.20. The largest absolute Gasteiger partial charge is 0.298 e. The van der Waals surface area contributed by atoms with E-state index in [0.717, 1.165) is 32.5 Å². The van der Waals surface area contributed by atoms with Gasteiger partial charge in [0.05, 0.1) is 5.92 Å². The number of carbonyl (C=O) groups is 1. The number of piperidine rings is 1. The molecule has 0 unspecified atom stereocenters. The Morgan fingerprint density at radius 2 is 2.10 bits per heavy atom. The maximum absolute atomic E-state index is 11.6. The van der Waals surface area contributed by atoms with Gasteiger partial charge in [-0.1, -0.05) is 38.1 Å². The Morgan fingerprint density at radius 1 is 1.40 bits per heavy atom. The topological polar surface area (TPSA) is 58.4 Å². The molecule has 3 N–H and O–H groups in total. The van der Waals surface area contributed by atoms with Crippen LogP contribution in [0.1, 0.15) is 43.7 Å². The van der Waals surface area contributed by atoms with Crippen LogP contribution in [0.5, 0.6) is 0 Å². The molecule has 110 valence electrons. The summed E-state index contributed by atoms with van der Waals surface area (Å²) in [7, 11) is 0. The van der Waals surface area contributed by atoms with E-state index < -0.39 is 0 Å². The van der Waals surface area contributed by atoms with Gasteiger partial charge in [-0.15, -0.1) is 0 Å². The molecule has 0 saturated carbocycles. The molecule has 1 heterocycles. The lowest BCUT2D eigenvalue weighted by Crippen LogP contribution is -2.44. The molecule has 0 aliphatic carbocycles. The smallest absolute Gasteiger partial charge is 0.238 e. The van der Waals surface area contributed by atoms with Gasteiger partial charge in [-0.3, -0.25) is 15.1 Å². The number of hydrogen-bond donors (Lipinski definition) is 2. The Morgan fingerprint density at radius 3 is 2.70 bits per heavy atom. The minimum atomic E-state index is -0.0372. The number of amides is 1. The Labute approximate surface area is 121 Å². The number of nitrogens with two attached hydrogens (primary N) is 1. The fourth-order valence-corrected chi connectivity index (χ4v) is 2.80. The number of nitrogens with zero attached hydrogens (tertiary/aromatic N) is 1. The molecule has 4 heteroatoms. The van der Waals surface area contributed by atoms with Crippen molar-refractivity contribution in [1.82, 2.24) is 10.3 Å². The fourth-order valence-electron chi connectivity index (χ4n) is 2.80. The van der Waals surface area contributed by atoms with Gasteiger partial charge >= 0.3 is 0 Å². The van der Waals surface area contributed by atoms with E-state index in [9.17, 15) is 4.79 Å². The minimum Gasteiger partial charge on any atom is -0.298 e. The third kappa shape index (κ3) is 3.81. The molecule has 1 fully saturated rings. The fraction of sp³-hybridized carbons (Fsp3) is 0.562. The van der Waals surface area contributed by atoms with Gasteiger partial charge in [-0.2, -0.15) is 0 Å². The van der Waals surface area contributed by atoms with E-state index in [1.54, 1.807) is 0 Å². The van der Waals surface area contributed by atoms with Crippen LogP contribution in [0.15, 0.2) is 24.3 Å². The number of benzene rings is 1. The Balaban J connectivity index is 1.94. The Kier molecular flexibility index (Phi) is 5.15. The van der Waals surface area contributed by atoms with Gasteiger partial charge in [0, 0.05) is 13.1 Å². The monoisotopic (exact) mass is 275 g/mol. The van der Waals surface area contributed by atoms with Gasteiger partial charge in [-0.25, -0.2) is 5.84 Å². The molecular weight excluding hydrogens is 250 g/mol. The third-order valence-electron chi connectivity index (χ3n) is 4.07. The summed E-state index contributed by atoms with van der Waals surface area (Å²) in [6, 6.07) is 8.80. The number of carbonyl (C=O) groups excluding carboxylic acids is 1. The first kappa shape index (κ1) is 15.0. The van der Waals surface area contributed by atoms with Gasteiger partial charge in [-0.05, 0) is 36.4 Å². The molecule has 0 bridgehead atoms. The van der Waals surface area contributed by atoms with Crippen molar-refractivity contribution in [2.24, 2.45) is 11.8 Å². The minimum absolute atomic E-state index is 0.0312. The highest BCUT2D eigenvalue weighted by molar-refractivity contribution is 5.78. The molecule has 2 rings (SSSR count). The summed E-state index contributed by atoms with van der Waals surface area (Å²) < 4.78 is 0. The van der Waals surface area contributed by atoms with E-state index >= 15 is 0 Å². The van der Waals surface area contributed by atoms with Crippen LogP contribution in [0.3, 0.4) is 0 Å². The first-order valence-corrected chi connectivity index (χ1v) is 7.41. The van der Waals surface area contributed by atoms with Crippen molar-refractivity contribution < 1.29 is 4.79 Å².